The fourth-order valence-corrected chi connectivity index (χ4v) is 1.73. The lowest BCUT2D eigenvalue weighted by molar-refractivity contribution is 0.120. The highest BCUT2D eigenvalue weighted by molar-refractivity contribution is 14.1. The third kappa shape index (κ3) is 3.72. The molecule has 0 fully saturated rings. The minimum atomic E-state index is -3.12. The number of hydrogen-bond acceptors (Lipinski definition) is 0. The zero-order valence-electron chi connectivity index (χ0n) is 7.50. The fourth-order valence-electron chi connectivity index (χ4n) is 1.11. The van der Waals surface area contributed by atoms with Crippen LogP contribution in [0.5, 0.6) is 0 Å². The van der Waals surface area contributed by atoms with E-state index in [9.17, 15) is 17.6 Å². The number of alkyl halides is 6. The summed E-state index contributed by atoms with van der Waals surface area (Å²) in [6.07, 6.45) is 0. The Morgan fingerprint density at radius 1 is 0.867 bits per heavy atom. The summed E-state index contributed by atoms with van der Waals surface area (Å²) in [6.45, 7) is 1.51. The maximum atomic E-state index is 12.9. The number of halogens is 6. The molecule has 0 aromatic heterocycles. The lowest BCUT2D eigenvalue weighted by Gasteiger charge is -2.14. The zero-order valence-corrected chi connectivity index (χ0v) is 11.8. The second-order valence-corrected chi connectivity index (χ2v) is 5.79. The normalized spacial score (nSPS) is 13.0. The minimum Gasteiger partial charge on any atom is -0.189 e. The van der Waals surface area contributed by atoms with Crippen molar-refractivity contribution in [1.82, 2.24) is 0 Å². The molecule has 0 saturated carbocycles. The zero-order chi connectivity index (χ0) is 11.9. The van der Waals surface area contributed by atoms with Crippen molar-refractivity contribution in [2.45, 2.75) is 14.8 Å². The van der Waals surface area contributed by atoms with Crippen LogP contribution in [0, 0.1) is 6.92 Å². The summed E-state index contributed by atoms with van der Waals surface area (Å²) in [5, 5.41) is 0. The van der Waals surface area contributed by atoms with E-state index in [4.69, 9.17) is 0 Å². The molecule has 15 heavy (non-hydrogen) atoms. The molecular weight excluding hydrogens is 438 g/mol. The monoisotopic (exact) mass is 444 g/mol. The maximum Gasteiger partial charge on any atom is 0.321 e. The van der Waals surface area contributed by atoms with Gasteiger partial charge in [0.1, 0.15) is 0 Å². The molecule has 0 heterocycles. The Balaban J connectivity index is 3.30. The lowest BCUT2D eigenvalue weighted by Crippen LogP contribution is -2.08. The number of aryl methyl sites for hydroxylation is 1. The van der Waals surface area contributed by atoms with Crippen molar-refractivity contribution in [1.29, 1.82) is 0 Å². The summed E-state index contributed by atoms with van der Waals surface area (Å²) in [5.41, 5.74) is -0.390. The molecule has 0 nitrogen and oxygen atoms in total. The topological polar surface area (TPSA) is 0 Å². The van der Waals surface area contributed by atoms with E-state index >= 15 is 0 Å². The van der Waals surface area contributed by atoms with Crippen molar-refractivity contribution in [3.8, 4) is 0 Å². The molecule has 1 rings (SSSR count). The van der Waals surface area contributed by atoms with Gasteiger partial charge < -0.3 is 0 Å². The standard InChI is InChI=1S/C9H6F4I2/c1-5-2-6(8(10,11)14)4-7(3-5)9(12,13)15/h2-4H,1H3. The number of rotatable bonds is 2. The van der Waals surface area contributed by atoms with Gasteiger partial charge in [0.25, 0.3) is 0 Å². The molecule has 1 aromatic carbocycles. The van der Waals surface area contributed by atoms with E-state index in [1.165, 1.54) is 19.1 Å². The maximum absolute atomic E-state index is 12.9. The molecule has 0 N–H and O–H groups in total. The molecule has 0 aliphatic heterocycles. The van der Waals surface area contributed by atoms with Crippen LogP contribution in [0.2, 0.25) is 0 Å². The highest BCUT2D eigenvalue weighted by Gasteiger charge is 2.32. The molecule has 0 amide bonds. The van der Waals surface area contributed by atoms with Crippen molar-refractivity contribution in [3.63, 3.8) is 0 Å². The second kappa shape index (κ2) is 4.34. The molecule has 0 aliphatic rings. The predicted molar refractivity (Wildman–Crippen MR) is 67.0 cm³/mol. The summed E-state index contributed by atoms with van der Waals surface area (Å²) < 4.78 is 45.5. The molecule has 1 aromatic rings. The van der Waals surface area contributed by atoms with Gasteiger partial charge in [-0.05, 0) is 25.1 Å². The van der Waals surface area contributed by atoms with E-state index in [1.54, 1.807) is 0 Å². The lowest BCUT2D eigenvalue weighted by atomic mass is 10.1. The second-order valence-electron chi connectivity index (χ2n) is 3.08. The molecule has 0 bridgehead atoms. The van der Waals surface area contributed by atoms with E-state index in [-0.39, 0.29) is 0 Å². The van der Waals surface area contributed by atoms with Crippen LogP contribution in [0.15, 0.2) is 18.2 Å². The predicted octanol–water partition coefficient (Wildman–Crippen LogP) is 4.96. The molecular formula is C9H6F4I2. The fraction of sp³-hybridized carbons (Fsp3) is 0.333. The van der Waals surface area contributed by atoms with Crippen molar-refractivity contribution in [2.75, 3.05) is 0 Å². The van der Waals surface area contributed by atoms with Gasteiger partial charge in [-0.1, -0.05) is 5.56 Å². The Hall–Kier alpha value is 0.400. The molecule has 0 radical (unpaired) electrons. The molecule has 0 atom stereocenters. The van der Waals surface area contributed by atoms with Crippen LogP contribution < -0.4 is 0 Å². The Morgan fingerprint density at radius 3 is 1.47 bits per heavy atom. The third-order valence-corrected chi connectivity index (χ3v) is 2.98. The van der Waals surface area contributed by atoms with E-state index in [2.05, 4.69) is 0 Å². The van der Waals surface area contributed by atoms with Crippen molar-refractivity contribution in [2.24, 2.45) is 0 Å². The van der Waals surface area contributed by atoms with Gasteiger partial charge in [-0.3, -0.25) is 0 Å². The van der Waals surface area contributed by atoms with Crippen molar-refractivity contribution in [3.05, 3.63) is 34.9 Å². The van der Waals surface area contributed by atoms with Crippen LogP contribution in [-0.2, 0) is 7.86 Å². The molecule has 0 spiro atoms. The minimum absolute atomic E-state index is 0.394. The van der Waals surface area contributed by atoms with Crippen LogP contribution in [0.3, 0.4) is 0 Å². The first kappa shape index (κ1) is 13.5. The van der Waals surface area contributed by atoms with Gasteiger partial charge in [-0.25, -0.2) is 0 Å². The third-order valence-electron chi connectivity index (χ3n) is 1.73. The molecule has 84 valence electrons. The average molecular weight is 444 g/mol. The molecule has 0 unspecified atom stereocenters. The smallest absolute Gasteiger partial charge is 0.189 e. The SMILES string of the molecule is Cc1cc(C(F)(F)I)cc(C(F)(F)I)c1. The summed E-state index contributed by atoms with van der Waals surface area (Å²) >= 11 is 1.85. The largest absolute Gasteiger partial charge is 0.321 e. The molecule has 0 aliphatic carbocycles. The van der Waals surface area contributed by atoms with Gasteiger partial charge in [0.15, 0.2) is 0 Å². The van der Waals surface area contributed by atoms with E-state index in [0.717, 1.165) is 51.2 Å². The summed E-state index contributed by atoms with van der Waals surface area (Å²) in [4.78, 5) is 0. The van der Waals surface area contributed by atoms with E-state index in [0.29, 0.717) is 5.56 Å². The average Bonchev–Trinajstić information content (AvgIpc) is 1.99. The Labute approximate surface area is 112 Å². The quantitative estimate of drug-likeness (QED) is 0.344. The summed E-state index contributed by atoms with van der Waals surface area (Å²) in [6, 6.07) is 3.25. The first-order valence-electron chi connectivity index (χ1n) is 3.87. The Kier molecular flexibility index (Phi) is 3.90. The van der Waals surface area contributed by atoms with Crippen molar-refractivity contribution >= 4 is 45.2 Å². The first-order chi connectivity index (χ1) is 6.60. The molecule has 0 saturated heterocycles. The van der Waals surface area contributed by atoms with E-state index < -0.39 is 19.0 Å². The summed E-state index contributed by atoms with van der Waals surface area (Å²) in [5.74, 6) is 0. The van der Waals surface area contributed by atoms with Gasteiger partial charge in [-0.2, -0.15) is 17.6 Å². The highest BCUT2D eigenvalue weighted by atomic mass is 127. The van der Waals surface area contributed by atoms with Gasteiger partial charge >= 0.3 is 7.86 Å². The summed E-state index contributed by atoms with van der Waals surface area (Å²) in [7, 11) is 0. The Morgan fingerprint density at radius 2 is 1.20 bits per heavy atom. The number of hydrogen-bond donors (Lipinski definition) is 0. The van der Waals surface area contributed by atoms with Gasteiger partial charge in [-0.15, -0.1) is 0 Å². The van der Waals surface area contributed by atoms with Crippen LogP contribution >= 0.6 is 45.2 Å². The van der Waals surface area contributed by atoms with Crippen LogP contribution in [-0.4, -0.2) is 0 Å². The van der Waals surface area contributed by atoms with Crippen molar-refractivity contribution < 1.29 is 17.6 Å². The van der Waals surface area contributed by atoms with Crippen LogP contribution in [0.4, 0.5) is 17.6 Å². The van der Waals surface area contributed by atoms with Gasteiger partial charge in [0.05, 0.1) is 0 Å². The van der Waals surface area contributed by atoms with Crippen LogP contribution in [0.25, 0.3) is 0 Å². The highest BCUT2D eigenvalue weighted by Crippen LogP contribution is 2.41. The number of benzene rings is 1. The van der Waals surface area contributed by atoms with E-state index in [1.807, 2.05) is 0 Å². The molecule has 6 heteroatoms. The van der Waals surface area contributed by atoms with Crippen LogP contribution in [0.1, 0.15) is 16.7 Å². The Bertz CT molecular complexity index is 333. The van der Waals surface area contributed by atoms with Gasteiger partial charge in [0, 0.05) is 56.3 Å². The first-order valence-corrected chi connectivity index (χ1v) is 6.02. The van der Waals surface area contributed by atoms with Gasteiger partial charge in [0.2, 0.25) is 0 Å².